The second kappa shape index (κ2) is 6.04. The first kappa shape index (κ1) is 15.2. The van der Waals surface area contributed by atoms with Crippen molar-refractivity contribution in [2.24, 2.45) is 5.73 Å². The van der Waals surface area contributed by atoms with Gasteiger partial charge in [0.1, 0.15) is 5.75 Å². The van der Waals surface area contributed by atoms with Crippen molar-refractivity contribution in [3.05, 3.63) is 23.8 Å². The fraction of sp³-hybridized carbons (Fsp3) is 0.647. The standard InChI is InChI=1S/C17H28N2O/c1-17(2,3)12-8-9-16(20-4)15(10-12)19-14-7-5-6-13(18)11-14/h8-10,13-14,19H,5-7,11,18H2,1-4H3. The van der Waals surface area contributed by atoms with Crippen LogP contribution in [0.1, 0.15) is 52.0 Å². The Morgan fingerprint density at radius 2 is 2.00 bits per heavy atom. The van der Waals surface area contributed by atoms with Crippen molar-refractivity contribution in [3.8, 4) is 5.75 Å². The molecule has 2 unspecified atom stereocenters. The topological polar surface area (TPSA) is 47.3 Å². The van der Waals surface area contributed by atoms with Crippen molar-refractivity contribution >= 4 is 5.69 Å². The van der Waals surface area contributed by atoms with Gasteiger partial charge in [0.05, 0.1) is 12.8 Å². The van der Waals surface area contributed by atoms with Crippen LogP contribution < -0.4 is 15.8 Å². The zero-order chi connectivity index (χ0) is 14.8. The molecule has 2 rings (SSSR count). The van der Waals surface area contributed by atoms with Crippen molar-refractivity contribution < 1.29 is 4.74 Å². The Kier molecular flexibility index (Phi) is 4.59. The fourth-order valence-electron chi connectivity index (χ4n) is 2.87. The minimum absolute atomic E-state index is 0.145. The Morgan fingerprint density at radius 1 is 1.25 bits per heavy atom. The third kappa shape index (κ3) is 3.66. The summed E-state index contributed by atoms with van der Waals surface area (Å²) in [5.41, 5.74) is 8.64. The van der Waals surface area contributed by atoms with Gasteiger partial charge in [0.2, 0.25) is 0 Å². The van der Waals surface area contributed by atoms with E-state index in [4.69, 9.17) is 10.5 Å². The van der Waals surface area contributed by atoms with E-state index in [0.29, 0.717) is 12.1 Å². The maximum Gasteiger partial charge on any atom is 0.141 e. The molecular weight excluding hydrogens is 248 g/mol. The largest absolute Gasteiger partial charge is 0.495 e. The summed E-state index contributed by atoms with van der Waals surface area (Å²) in [6.45, 7) is 6.69. The van der Waals surface area contributed by atoms with Crippen molar-refractivity contribution in [1.82, 2.24) is 0 Å². The van der Waals surface area contributed by atoms with Crippen molar-refractivity contribution in [3.63, 3.8) is 0 Å². The molecule has 1 aromatic carbocycles. The first-order chi connectivity index (χ1) is 9.40. The molecule has 0 aromatic heterocycles. The summed E-state index contributed by atoms with van der Waals surface area (Å²) in [6.07, 6.45) is 4.59. The number of anilines is 1. The smallest absolute Gasteiger partial charge is 0.141 e. The molecule has 3 heteroatoms. The Hall–Kier alpha value is -1.22. The monoisotopic (exact) mass is 276 g/mol. The van der Waals surface area contributed by atoms with Crippen LogP contribution in [0.3, 0.4) is 0 Å². The van der Waals surface area contributed by atoms with Gasteiger partial charge >= 0.3 is 0 Å². The Morgan fingerprint density at radius 3 is 2.60 bits per heavy atom. The summed E-state index contributed by atoms with van der Waals surface area (Å²) >= 11 is 0. The van der Waals surface area contributed by atoms with Gasteiger partial charge in [-0.25, -0.2) is 0 Å². The maximum atomic E-state index is 6.08. The van der Waals surface area contributed by atoms with Gasteiger partial charge in [0, 0.05) is 12.1 Å². The number of benzene rings is 1. The van der Waals surface area contributed by atoms with Crippen molar-refractivity contribution in [2.45, 2.75) is 64.0 Å². The average Bonchev–Trinajstić information content (AvgIpc) is 2.37. The van der Waals surface area contributed by atoms with E-state index in [9.17, 15) is 0 Å². The third-order valence-electron chi connectivity index (χ3n) is 4.14. The SMILES string of the molecule is COc1ccc(C(C)(C)C)cc1NC1CCCC(N)C1. The summed E-state index contributed by atoms with van der Waals surface area (Å²) in [4.78, 5) is 0. The highest BCUT2D eigenvalue weighted by Crippen LogP contribution is 2.33. The molecule has 0 radical (unpaired) electrons. The van der Waals surface area contributed by atoms with Gasteiger partial charge in [-0.05, 0) is 48.8 Å². The van der Waals surface area contributed by atoms with Crippen LogP contribution in [0, 0.1) is 0 Å². The quantitative estimate of drug-likeness (QED) is 0.885. The lowest BCUT2D eigenvalue weighted by Gasteiger charge is -2.29. The van der Waals surface area contributed by atoms with Crippen LogP contribution in [0.4, 0.5) is 5.69 Å². The van der Waals surface area contributed by atoms with E-state index in [0.717, 1.165) is 24.3 Å². The zero-order valence-electron chi connectivity index (χ0n) is 13.2. The van der Waals surface area contributed by atoms with Gasteiger partial charge in [-0.1, -0.05) is 26.8 Å². The second-order valence-corrected chi connectivity index (χ2v) is 6.93. The molecule has 1 saturated carbocycles. The number of hydrogen-bond donors (Lipinski definition) is 2. The van der Waals surface area contributed by atoms with E-state index >= 15 is 0 Å². The van der Waals surface area contributed by atoms with Crippen LogP contribution in [0.25, 0.3) is 0 Å². The van der Waals surface area contributed by atoms with Gasteiger partial charge in [0.15, 0.2) is 0 Å². The molecule has 1 aromatic rings. The summed E-state index contributed by atoms with van der Waals surface area (Å²) in [6, 6.07) is 7.22. The van der Waals surface area contributed by atoms with E-state index in [1.807, 2.05) is 0 Å². The number of hydrogen-bond acceptors (Lipinski definition) is 3. The van der Waals surface area contributed by atoms with Gasteiger partial charge < -0.3 is 15.8 Å². The highest BCUT2D eigenvalue weighted by molar-refractivity contribution is 5.59. The lowest BCUT2D eigenvalue weighted by atomic mass is 9.86. The summed E-state index contributed by atoms with van der Waals surface area (Å²) < 4.78 is 5.49. The molecule has 3 N–H and O–H groups in total. The normalized spacial score (nSPS) is 23.4. The molecule has 1 fully saturated rings. The van der Waals surface area contributed by atoms with E-state index in [-0.39, 0.29) is 5.41 Å². The molecule has 0 heterocycles. The molecular formula is C17H28N2O. The van der Waals surface area contributed by atoms with Crippen LogP contribution in [-0.2, 0) is 5.41 Å². The first-order valence-corrected chi connectivity index (χ1v) is 7.61. The van der Waals surface area contributed by atoms with Crippen LogP contribution in [0.15, 0.2) is 18.2 Å². The van der Waals surface area contributed by atoms with Gasteiger partial charge in [0.25, 0.3) is 0 Å². The lowest BCUT2D eigenvalue weighted by molar-refractivity contribution is 0.400. The van der Waals surface area contributed by atoms with E-state index in [1.54, 1.807) is 7.11 Å². The molecule has 0 spiro atoms. The molecule has 20 heavy (non-hydrogen) atoms. The van der Waals surface area contributed by atoms with Gasteiger partial charge in [-0.2, -0.15) is 0 Å². The Bertz CT molecular complexity index is 451. The van der Waals surface area contributed by atoms with Crippen LogP contribution in [0.5, 0.6) is 5.75 Å². The molecule has 112 valence electrons. The fourth-order valence-corrected chi connectivity index (χ4v) is 2.87. The van der Waals surface area contributed by atoms with Crippen LogP contribution in [0.2, 0.25) is 0 Å². The minimum Gasteiger partial charge on any atom is -0.495 e. The number of ether oxygens (including phenoxy) is 1. The first-order valence-electron chi connectivity index (χ1n) is 7.61. The number of nitrogens with two attached hydrogens (primary N) is 1. The lowest BCUT2D eigenvalue weighted by Crippen LogP contribution is -2.35. The third-order valence-corrected chi connectivity index (χ3v) is 4.14. The molecule has 1 aliphatic carbocycles. The Balaban J connectivity index is 2.20. The number of rotatable bonds is 3. The zero-order valence-corrected chi connectivity index (χ0v) is 13.2. The van der Waals surface area contributed by atoms with Crippen molar-refractivity contribution in [2.75, 3.05) is 12.4 Å². The summed E-state index contributed by atoms with van der Waals surface area (Å²) in [5.74, 6) is 0.914. The molecule has 0 bridgehead atoms. The second-order valence-electron chi connectivity index (χ2n) is 6.93. The van der Waals surface area contributed by atoms with Crippen molar-refractivity contribution in [1.29, 1.82) is 0 Å². The maximum absolute atomic E-state index is 6.08. The highest BCUT2D eigenvalue weighted by atomic mass is 16.5. The minimum atomic E-state index is 0.145. The summed E-state index contributed by atoms with van der Waals surface area (Å²) in [7, 11) is 1.73. The van der Waals surface area contributed by atoms with Gasteiger partial charge in [-0.15, -0.1) is 0 Å². The van der Waals surface area contributed by atoms with E-state index in [2.05, 4.69) is 44.3 Å². The van der Waals surface area contributed by atoms with Gasteiger partial charge in [-0.3, -0.25) is 0 Å². The van der Waals surface area contributed by atoms with Crippen LogP contribution >= 0.6 is 0 Å². The molecule has 2 atom stereocenters. The predicted octanol–water partition coefficient (Wildman–Crippen LogP) is 3.67. The molecule has 1 aliphatic rings. The number of methoxy groups -OCH3 is 1. The van der Waals surface area contributed by atoms with E-state index < -0.39 is 0 Å². The van der Waals surface area contributed by atoms with Crippen LogP contribution in [-0.4, -0.2) is 19.2 Å². The molecule has 0 amide bonds. The Labute approximate surface area is 122 Å². The predicted molar refractivity (Wildman–Crippen MR) is 85.5 cm³/mol. The summed E-state index contributed by atoms with van der Waals surface area (Å²) in [5, 5.41) is 3.64. The number of nitrogens with one attached hydrogen (secondary N) is 1. The van der Waals surface area contributed by atoms with E-state index in [1.165, 1.54) is 18.4 Å². The molecule has 0 saturated heterocycles. The highest BCUT2D eigenvalue weighted by Gasteiger charge is 2.21. The molecule has 0 aliphatic heterocycles. The average molecular weight is 276 g/mol. The molecule has 3 nitrogen and oxygen atoms in total.